The predicted molar refractivity (Wildman–Crippen MR) is 90.3 cm³/mol. The highest BCUT2D eigenvalue weighted by atomic mass is 16.6. The minimum atomic E-state index is -0.926. The summed E-state index contributed by atoms with van der Waals surface area (Å²) in [6.07, 6.45) is 2.08. The van der Waals surface area contributed by atoms with E-state index in [4.69, 9.17) is 4.74 Å². The molecule has 1 aliphatic rings. The molecule has 130 valence electrons. The van der Waals surface area contributed by atoms with Crippen molar-refractivity contribution in [3.8, 4) is 5.75 Å². The van der Waals surface area contributed by atoms with E-state index in [9.17, 15) is 20.0 Å². The first-order chi connectivity index (χ1) is 11.3. The number of carboxylic acid groups (broad SMARTS) is 1. The van der Waals surface area contributed by atoms with Gasteiger partial charge in [-0.1, -0.05) is 13.0 Å². The summed E-state index contributed by atoms with van der Waals surface area (Å²) in [5, 5.41) is 20.4. The summed E-state index contributed by atoms with van der Waals surface area (Å²) in [4.78, 5) is 23.4. The number of rotatable bonds is 5. The van der Waals surface area contributed by atoms with Gasteiger partial charge in [0.05, 0.1) is 17.1 Å². The third kappa shape index (κ3) is 3.84. The van der Waals surface area contributed by atoms with E-state index >= 15 is 0 Å². The zero-order valence-corrected chi connectivity index (χ0v) is 14.1. The Morgan fingerprint density at radius 3 is 2.75 bits per heavy atom. The molecule has 2 rings (SSSR count). The second kappa shape index (κ2) is 7.33. The molecule has 0 bridgehead atoms. The fourth-order valence-electron chi connectivity index (χ4n) is 2.84. The number of hydrogen-bond donors (Lipinski definition) is 1. The van der Waals surface area contributed by atoms with Crippen molar-refractivity contribution in [1.82, 2.24) is 4.90 Å². The Bertz CT molecular complexity index is 669. The van der Waals surface area contributed by atoms with Crippen molar-refractivity contribution in [2.75, 3.05) is 6.54 Å². The molecule has 1 heterocycles. The molecule has 1 unspecified atom stereocenters. The van der Waals surface area contributed by atoms with Crippen LogP contribution in [-0.2, 0) is 0 Å². The number of nitro benzene ring substituents is 1. The Labute approximate surface area is 140 Å². The molecule has 0 fully saturated rings. The molecular formula is C17H22N2O5. The van der Waals surface area contributed by atoms with Crippen LogP contribution in [0.5, 0.6) is 5.75 Å². The molecule has 0 saturated carbocycles. The molecule has 1 aromatic carbocycles. The van der Waals surface area contributed by atoms with E-state index in [1.807, 2.05) is 26.8 Å². The van der Waals surface area contributed by atoms with Gasteiger partial charge in [0.1, 0.15) is 0 Å². The van der Waals surface area contributed by atoms with E-state index < -0.39 is 11.0 Å². The molecule has 1 amide bonds. The summed E-state index contributed by atoms with van der Waals surface area (Å²) >= 11 is 0. The molecule has 0 saturated heterocycles. The summed E-state index contributed by atoms with van der Waals surface area (Å²) < 4.78 is 5.58. The second-order valence-electron chi connectivity index (χ2n) is 6.00. The fourth-order valence-corrected chi connectivity index (χ4v) is 2.84. The number of carbonyl (C=O) groups is 1. The highest BCUT2D eigenvalue weighted by Crippen LogP contribution is 2.34. The van der Waals surface area contributed by atoms with Crippen LogP contribution >= 0.6 is 0 Å². The van der Waals surface area contributed by atoms with Gasteiger partial charge in [0.2, 0.25) is 0 Å². The lowest BCUT2D eigenvalue weighted by molar-refractivity contribution is -0.386. The van der Waals surface area contributed by atoms with Crippen LogP contribution in [0.25, 0.3) is 5.57 Å². The minimum absolute atomic E-state index is 0.0666. The van der Waals surface area contributed by atoms with Gasteiger partial charge in [0.25, 0.3) is 0 Å². The summed E-state index contributed by atoms with van der Waals surface area (Å²) in [5.74, 6) is 0.238. The first kappa shape index (κ1) is 17.8. The molecule has 1 atom stereocenters. The number of nitrogens with zero attached hydrogens (tertiary/aromatic N) is 2. The molecule has 0 aromatic heterocycles. The summed E-state index contributed by atoms with van der Waals surface area (Å²) in [7, 11) is 0. The zero-order chi connectivity index (χ0) is 17.9. The molecule has 1 aliphatic heterocycles. The Balaban J connectivity index is 2.38. The van der Waals surface area contributed by atoms with Crippen molar-refractivity contribution in [2.24, 2.45) is 0 Å². The van der Waals surface area contributed by atoms with E-state index in [1.165, 1.54) is 11.0 Å². The average molecular weight is 334 g/mol. The number of hydrogen-bond acceptors (Lipinski definition) is 4. The van der Waals surface area contributed by atoms with Crippen molar-refractivity contribution in [3.63, 3.8) is 0 Å². The lowest BCUT2D eigenvalue weighted by atomic mass is 9.94. The van der Waals surface area contributed by atoms with Gasteiger partial charge in [0, 0.05) is 12.6 Å². The lowest BCUT2D eigenvalue weighted by Crippen LogP contribution is -2.41. The van der Waals surface area contributed by atoms with Crippen molar-refractivity contribution < 1.29 is 19.6 Å². The number of nitro groups is 1. The van der Waals surface area contributed by atoms with Crippen molar-refractivity contribution >= 4 is 17.4 Å². The van der Waals surface area contributed by atoms with Crippen LogP contribution in [0.1, 0.15) is 39.2 Å². The highest BCUT2D eigenvalue weighted by Gasteiger charge is 2.26. The van der Waals surface area contributed by atoms with Gasteiger partial charge < -0.3 is 14.7 Å². The third-order valence-electron chi connectivity index (χ3n) is 3.97. The lowest BCUT2D eigenvalue weighted by Gasteiger charge is -2.32. The first-order valence-corrected chi connectivity index (χ1v) is 7.99. The molecular weight excluding hydrogens is 312 g/mol. The van der Waals surface area contributed by atoms with Gasteiger partial charge in [-0.2, -0.15) is 0 Å². The van der Waals surface area contributed by atoms with Crippen molar-refractivity contribution in [3.05, 3.63) is 40.0 Å². The largest absolute Gasteiger partial charge is 0.484 e. The van der Waals surface area contributed by atoms with Crippen LogP contribution in [0.15, 0.2) is 24.3 Å². The molecule has 7 nitrogen and oxygen atoms in total. The van der Waals surface area contributed by atoms with E-state index in [-0.39, 0.29) is 23.6 Å². The fraction of sp³-hybridized carbons (Fsp3) is 0.471. The summed E-state index contributed by atoms with van der Waals surface area (Å²) in [6.45, 7) is 5.97. The number of ether oxygens (including phenoxy) is 1. The van der Waals surface area contributed by atoms with E-state index in [1.54, 1.807) is 12.1 Å². The normalized spacial score (nSPS) is 17.6. The smallest absolute Gasteiger partial charge is 0.407 e. The van der Waals surface area contributed by atoms with Gasteiger partial charge in [-0.3, -0.25) is 10.1 Å². The molecule has 1 aromatic rings. The minimum Gasteiger partial charge on any atom is -0.484 e. The Morgan fingerprint density at radius 1 is 1.50 bits per heavy atom. The predicted octanol–water partition coefficient (Wildman–Crippen LogP) is 3.93. The molecule has 1 N–H and O–H groups in total. The Kier molecular flexibility index (Phi) is 5.43. The van der Waals surface area contributed by atoms with Gasteiger partial charge in [-0.15, -0.1) is 0 Å². The quantitative estimate of drug-likeness (QED) is 0.650. The molecule has 7 heteroatoms. The standard InChI is InChI=1S/C17H22N2O5/c1-4-14-9-13(7-8-18(14)17(20)21)12-5-6-15(19(22)23)16(10-12)24-11(2)3/h5-6,9-11,14H,4,7-8H2,1-3H3,(H,20,21). The maximum atomic E-state index is 11.3. The summed E-state index contributed by atoms with van der Waals surface area (Å²) in [5.41, 5.74) is 1.76. The van der Waals surface area contributed by atoms with Crippen LogP contribution in [0.4, 0.5) is 10.5 Å². The van der Waals surface area contributed by atoms with Crippen LogP contribution in [0.3, 0.4) is 0 Å². The summed E-state index contributed by atoms with van der Waals surface area (Å²) in [6, 6.07) is 4.63. The van der Waals surface area contributed by atoms with E-state index in [0.717, 1.165) is 11.1 Å². The van der Waals surface area contributed by atoms with Crippen LogP contribution in [0.2, 0.25) is 0 Å². The SMILES string of the molecule is CCC1C=C(c2ccc([N+](=O)[O-])c(OC(C)C)c2)CCN1C(=O)O. The maximum absolute atomic E-state index is 11.3. The van der Waals surface area contributed by atoms with Crippen molar-refractivity contribution in [2.45, 2.75) is 45.8 Å². The maximum Gasteiger partial charge on any atom is 0.407 e. The highest BCUT2D eigenvalue weighted by molar-refractivity contribution is 5.73. The Hall–Kier alpha value is -2.57. The average Bonchev–Trinajstić information content (AvgIpc) is 2.53. The first-order valence-electron chi connectivity index (χ1n) is 7.99. The molecule has 0 aliphatic carbocycles. The van der Waals surface area contributed by atoms with E-state index in [2.05, 4.69) is 0 Å². The number of benzene rings is 1. The second-order valence-corrected chi connectivity index (χ2v) is 6.00. The van der Waals surface area contributed by atoms with Crippen LogP contribution < -0.4 is 4.74 Å². The van der Waals surface area contributed by atoms with E-state index in [0.29, 0.717) is 19.4 Å². The molecule has 24 heavy (non-hydrogen) atoms. The number of amides is 1. The van der Waals surface area contributed by atoms with Gasteiger partial charge >= 0.3 is 11.8 Å². The zero-order valence-electron chi connectivity index (χ0n) is 14.1. The van der Waals surface area contributed by atoms with Crippen LogP contribution in [0, 0.1) is 10.1 Å². The van der Waals surface area contributed by atoms with Gasteiger partial charge in [0.15, 0.2) is 5.75 Å². The van der Waals surface area contributed by atoms with Gasteiger partial charge in [-0.25, -0.2) is 4.79 Å². The third-order valence-corrected chi connectivity index (χ3v) is 3.97. The molecule has 0 spiro atoms. The van der Waals surface area contributed by atoms with Crippen LogP contribution in [-0.4, -0.2) is 39.7 Å². The monoisotopic (exact) mass is 334 g/mol. The topological polar surface area (TPSA) is 92.9 Å². The molecule has 0 radical (unpaired) electrons. The Morgan fingerprint density at radius 2 is 2.21 bits per heavy atom. The van der Waals surface area contributed by atoms with Crippen molar-refractivity contribution in [1.29, 1.82) is 0 Å². The van der Waals surface area contributed by atoms with Gasteiger partial charge in [-0.05, 0) is 50.0 Å².